The van der Waals surface area contributed by atoms with Crippen LogP contribution in [-0.2, 0) is 0 Å². The minimum Gasteiger partial charge on any atom is -0.309 e. The van der Waals surface area contributed by atoms with E-state index in [2.05, 4.69) is 35.6 Å². The Labute approximate surface area is 116 Å². The van der Waals surface area contributed by atoms with Gasteiger partial charge in [0.15, 0.2) is 0 Å². The second-order valence-electron chi connectivity index (χ2n) is 7.07. The fraction of sp³-hybridized carbons (Fsp3) is 0.667. The molecule has 1 heteroatoms. The topological polar surface area (TPSA) is 12.0 Å². The van der Waals surface area contributed by atoms with Crippen LogP contribution in [0, 0.1) is 23.7 Å². The Kier molecular flexibility index (Phi) is 3.11. The Morgan fingerprint density at radius 3 is 2.47 bits per heavy atom. The Morgan fingerprint density at radius 2 is 1.84 bits per heavy atom. The molecule has 2 bridgehead atoms. The Bertz CT molecular complexity index is 423. The minimum absolute atomic E-state index is 0.625. The molecular weight excluding hydrogens is 230 g/mol. The first kappa shape index (κ1) is 12.0. The summed E-state index contributed by atoms with van der Waals surface area (Å²) in [5.41, 5.74) is 1.51. The maximum absolute atomic E-state index is 3.92. The van der Waals surface area contributed by atoms with Crippen LogP contribution in [0.2, 0.25) is 0 Å². The van der Waals surface area contributed by atoms with Crippen molar-refractivity contribution in [2.45, 2.75) is 44.6 Å². The molecule has 3 fully saturated rings. The van der Waals surface area contributed by atoms with E-state index in [-0.39, 0.29) is 0 Å². The van der Waals surface area contributed by atoms with E-state index in [1.807, 2.05) is 0 Å². The zero-order chi connectivity index (χ0) is 12.7. The number of fused-ring (bicyclic) bond motifs is 2. The van der Waals surface area contributed by atoms with Crippen molar-refractivity contribution in [2.24, 2.45) is 23.7 Å². The monoisotopic (exact) mass is 255 g/mol. The standard InChI is InChI=1S/C18H25N/c1-2-4-14(5-3-1)18(15-8-9-15)19-12-17-11-13-6-7-16(17)10-13/h1-5,13,15-19H,6-12H2. The first-order chi connectivity index (χ1) is 9.40. The molecule has 0 amide bonds. The van der Waals surface area contributed by atoms with Crippen LogP contribution in [0.25, 0.3) is 0 Å². The summed E-state index contributed by atoms with van der Waals surface area (Å²) in [6.07, 6.45) is 8.91. The molecule has 19 heavy (non-hydrogen) atoms. The SMILES string of the molecule is c1ccc(C(NCC2CC3CCC2C3)C2CC2)cc1. The van der Waals surface area contributed by atoms with E-state index in [9.17, 15) is 0 Å². The number of benzene rings is 1. The smallest absolute Gasteiger partial charge is 0.0348 e. The molecule has 3 aliphatic rings. The molecule has 4 rings (SSSR count). The highest BCUT2D eigenvalue weighted by Crippen LogP contribution is 2.48. The molecular formula is C18H25N. The van der Waals surface area contributed by atoms with Gasteiger partial charge in [0.05, 0.1) is 0 Å². The van der Waals surface area contributed by atoms with Gasteiger partial charge >= 0.3 is 0 Å². The van der Waals surface area contributed by atoms with Crippen LogP contribution in [0.15, 0.2) is 30.3 Å². The highest BCUT2D eigenvalue weighted by molar-refractivity contribution is 5.21. The van der Waals surface area contributed by atoms with Gasteiger partial charge in [-0.15, -0.1) is 0 Å². The zero-order valence-electron chi connectivity index (χ0n) is 11.7. The van der Waals surface area contributed by atoms with E-state index in [0.717, 1.165) is 23.7 Å². The highest BCUT2D eigenvalue weighted by atomic mass is 14.9. The van der Waals surface area contributed by atoms with Crippen molar-refractivity contribution in [3.05, 3.63) is 35.9 Å². The fourth-order valence-electron chi connectivity index (χ4n) is 4.55. The normalized spacial score (nSPS) is 34.6. The molecule has 0 saturated heterocycles. The van der Waals surface area contributed by atoms with Gasteiger partial charge in [-0.25, -0.2) is 0 Å². The molecule has 1 nitrogen and oxygen atoms in total. The van der Waals surface area contributed by atoms with Crippen LogP contribution in [-0.4, -0.2) is 6.54 Å². The lowest BCUT2D eigenvalue weighted by atomic mass is 9.88. The van der Waals surface area contributed by atoms with Gasteiger partial charge in [-0.3, -0.25) is 0 Å². The predicted molar refractivity (Wildman–Crippen MR) is 78.8 cm³/mol. The van der Waals surface area contributed by atoms with E-state index < -0.39 is 0 Å². The van der Waals surface area contributed by atoms with Gasteiger partial charge < -0.3 is 5.32 Å². The van der Waals surface area contributed by atoms with Crippen LogP contribution in [0.5, 0.6) is 0 Å². The number of rotatable bonds is 5. The van der Waals surface area contributed by atoms with Crippen LogP contribution in [0.3, 0.4) is 0 Å². The highest BCUT2D eigenvalue weighted by Gasteiger charge is 2.40. The quantitative estimate of drug-likeness (QED) is 0.833. The molecule has 0 spiro atoms. The van der Waals surface area contributed by atoms with Crippen molar-refractivity contribution in [3.8, 4) is 0 Å². The third-order valence-corrected chi connectivity index (χ3v) is 5.74. The average Bonchev–Trinajstić information content (AvgIpc) is 3.07. The third kappa shape index (κ3) is 2.45. The molecule has 4 atom stereocenters. The van der Waals surface area contributed by atoms with Gasteiger partial charge in [-0.05, 0) is 67.9 Å². The number of nitrogens with one attached hydrogen (secondary N) is 1. The van der Waals surface area contributed by atoms with Gasteiger partial charge in [0.1, 0.15) is 0 Å². The Balaban J connectivity index is 1.39. The van der Waals surface area contributed by atoms with Crippen molar-refractivity contribution in [1.82, 2.24) is 5.32 Å². The maximum atomic E-state index is 3.92. The molecule has 1 N–H and O–H groups in total. The third-order valence-electron chi connectivity index (χ3n) is 5.74. The predicted octanol–water partition coefficient (Wildman–Crippen LogP) is 4.16. The molecule has 102 valence electrons. The Morgan fingerprint density at radius 1 is 1.00 bits per heavy atom. The molecule has 0 aromatic heterocycles. The second-order valence-corrected chi connectivity index (χ2v) is 7.07. The van der Waals surface area contributed by atoms with Crippen molar-refractivity contribution in [1.29, 1.82) is 0 Å². The van der Waals surface area contributed by atoms with Crippen molar-refractivity contribution >= 4 is 0 Å². The van der Waals surface area contributed by atoms with Crippen LogP contribution in [0.4, 0.5) is 0 Å². The van der Waals surface area contributed by atoms with Crippen molar-refractivity contribution < 1.29 is 0 Å². The lowest BCUT2D eigenvalue weighted by Gasteiger charge is -2.26. The first-order valence-corrected chi connectivity index (χ1v) is 8.18. The van der Waals surface area contributed by atoms with Crippen LogP contribution in [0.1, 0.15) is 50.1 Å². The van der Waals surface area contributed by atoms with Gasteiger partial charge in [-0.2, -0.15) is 0 Å². The van der Waals surface area contributed by atoms with E-state index >= 15 is 0 Å². The molecule has 1 aromatic rings. The van der Waals surface area contributed by atoms with Gasteiger partial charge in [-0.1, -0.05) is 36.8 Å². The molecule has 1 aromatic carbocycles. The fourth-order valence-corrected chi connectivity index (χ4v) is 4.55. The van der Waals surface area contributed by atoms with Crippen LogP contribution < -0.4 is 5.32 Å². The zero-order valence-corrected chi connectivity index (χ0v) is 11.7. The lowest BCUT2D eigenvalue weighted by Crippen LogP contribution is -2.31. The molecule has 3 saturated carbocycles. The summed E-state index contributed by atoms with van der Waals surface area (Å²) in [7, 11) is 0. The Hall–Kier alpha value is -0.820. The molecule has 3 aliphatic carbocycles. The number of hydrogen-bond acceptors (Lipinski definition) is 1. The molecule has 4 unspecified atom stereocenters. The largest absolute Gasteiger partial charge is 0.309 e. The molecule has 0 radical (unpaired) electrons. The van der Waals surface area contributed by atoms with Crippen molar-refractivity contribution in [3.63, 3.8) is 0 Å². The first-order valence-electron chi connectivity index (χ1n) is 8.18. The number of hydrogen-bond donors (Lipinski definition) is 1. The van der Waals surface area contributed by atoms with Crippen LogP contribution >= 0.6 is 0 Å². The summed E-state index contributed by atoms with van der Waals surface area (Å²) in [6.45, 7) is 1.26. The average molecular weight is 255 g/mol. The van der Waals surface area contributed by atoms with E-state index in [4.69, 9.17) is 0 Å². The second kappa shape index (κ2) is 4.94. The minimum atomic E-state index is 0.625. The summed E-state index contributed by atoms with van der Waals surface area (Å²) < 4.78 is 0. The van der Waals surface area contributed by atoms with E-state index in [1.165, 1.54) is 50.6 Å². The van der Waals surface area contributed by atoms with Gasteiger partial charge in [0.25, 0.3) is 0 Å². The van der Waals surface area contributed by atoms with Gasteiger partial charge in [0, 0.05) is 6.04 Å². The molecule has 0 heterocycles. The van der Waals surface area contributed by atoms with E-state index in [1.54, 1.807) is 0 Å². The molecule has 0 aliphatic heterocycles. The van der Waals surface area contributed by atoms with Crippen molar-refractivity contribution in [2.75, 3.05) is 6.54 Å². The summed E-state index contributed by atoms with van der Waals surface area (Å²) in [4.78, 5) is 0. The van der Waals surface area contributed by atoms with Gasteiger partial charge in [0.2, 0.25) is 0 Å². The van der Waals surface area contributed by atoms with E-state index in [0.29, 0.717) is 6.04 Å². The summed E-state index contributed by atoms with van der Waals surface area (Å²) >= 11 is 0. The summed E-state index contributed by atoms with van der Waals surface area (Å²) in [6, 6.07) is 11.7. The maximum Gasteiger partial charge on any atom is 0.0348 e. The summed E-state index contributed by atoms with van der Waals surface area (Å²) in [5, 5.41) is 3.92. The lowest BCUT2D eigenvalue weighted by molar-refractivity contribution is 0.300. The summed E-state index contributed by atoms with van der Waals surface area (Å²) in [5.74, 6) is 4.01.